The van der Waals surface area contributed by atoms with Gasteiger partial charge in [-0.3, -0.25) is 0 Å². The van der Waals surface area contributed by atoms with Gasteiger partial charge in [0.25, 0.3) is 0 Å². The zero-order chi connectivity index (χ0) is 16.9. The average molecular weight is 326 g/mol. The van der Waals surface area contributed by atoms with Crippen molar-refractivity contribution in [3.63, 3.8) is 0 Å². The van der Waals surface area contributed by atoms with Crippen LogP contribution in [0.15, 0.2) is 54.6 Å². The highest BCUT2D eigenvalue weighted by atomic mass is 28.4. The van der Waals surface area contributed by atoms with Gasteiger partial charge in [-0.05, 0) is 37.3 Å². The van der Waals surface area contributed by atoms with Gasteiger partial charge < -0.3 is 9.16 Å². The molecule has 0 heterocycles. The van der Waals surface area contributed by atoms with Crippen LogP contribution in [0.3, 0.4) is 0 Å². The lowest BCUT2D eigenvalue weighted by atomic mass is 10.0. The highest BCUT2D eigenvalue weighted by Crippen LogP contribution is 2.29. The van der Waals surface area contributed by atoms with Gasteiger partial charge in [-0.25, -0.2) is 4.79 Å². The molecule has 0 N–H and O–H groups in total. The maximum absolute atomic E-state index is 12.7. The van der Waals surface area contributed by atoms with E-state index >= 15 is 0 Å². The highest BCUT2D eigenvalue weighted by molar-refractivity contribution is 6.72. The molecule has 0 amide bonds. The molecule has 0 saturated heterocycles. The van der Waals surface area contributed by atoms with Crippen molar-refractivity contribution in [2.45, 2.75) is 19.6 Å². The molecule has 23 heavy (non-hydrogen) atoms. The number of para-hydroxylation sites is 1. The van der Waals surface area contributed by atoms with Gasteiger partial charge in [-0.15, -0.1) is 0 Å². The monoisotopic (exact) mass is 326 g/mol. The SMILES string of the molecule is COc1ccccc1/C(=C\c1ccccc1)C(=O)O[Si](C)(C)C. The van der Waals surface area contributed by atoms with Crippen LogP contribution in [0.1, 0.15) is 11.1 Å². The third-order valence-corrected chi connectivity index (χ3v) is 3.92. The van der Waals surface area contributed by atoms with Gasteiger partial charge in [-0.2, -0.15) is 0 Å². The van der Waals surface area contributed by atoms with Crippen molar-refractivity contribution in [1.82, 2.24) is 0 Å². The first kappa shape index (κ1) is 17.0. The van der Waals surface area contributed by atoms with E-state index in [0.29, 0.717) is 11.3 Å². The number of hydrogen-bond acceptors (Lipinski definition) is 3. The van der Waals surface area contributed by atoms with E-state index in [1.807, 2.05) is 80.3 Å². The standard InChI is InChI=1S/C19H22O3Si/c1-21-18-13-9-8-12-16(18)17(19(20)22-23(2,3)4)14-15-10-6-5-7-11-15/h5-14H,1-4H3/b17-14+. The summed E-state index contributed by atoms with van der Waals surface area (Å²) in [5.74, 6) is 0.347. The second kappa shape index (κ2) is 7.29. The lowest BCUT2D eigenvalue weighted by molar-refractivity contribution is -0.128. The van der Waals surface area contributed by atoms with E-state index in [4.69, 9.17) is 9.16 Å². The molecule has 0 radical (unpaired) electrons. The minimum atomic E-state index is -1.99. The summed E-state index contributed by atoms with van der Waals surface area (Å²) in [7, 11) is -0.392. The Labute approximate surface area is 138 Å². The first-order valence-corrected chi connectivity index (χ1v) is 10.9. The fourth-order valence-corrected chi connectivity index (χ4v) is 2.83. The molecule has 0 spiro atoms. The number of hydrogen-bond donors (Lipinski definition) is 0. The summed E-state index contributed by atoms with van der Waals surface area (Å²) in [5.41, 5.74) is 2.19. The van der Waals surface area contributed by atoms with Gasteiger partial charge in [0.2, 0.25) is 8.32 Å². The summed E-state index contributed by atoms with van der Waals surface area (Å²) in [4.78, 5) is 12.7. The Kier molecular flexibility index (Phi) is 5.39. The summed E-state index contributed by atoms with van der Waals surface area (Å²) in [6, 6.07) is 17.2. The molecular formula is C19H22O3Si. The number of benzene rings is 2. The first-order chi connectivity index (χ1) is 10.9. The van der Waals surface area contributed by atoms with E-state index < -0.39 is 8.32 Å². The van der Waals surface area contributed by atoms with E-state index in [0.717, 1.165) is 11.1 Å². The van der Waals surface area contributed by atoms with Gasteiger partial charge in [0.15, 0.2) is 0 Å². The van der Waals surface area contributed by atoms with Crippen LogP contribution in [0, 0.1) is 0 Å². The predicted molar refractivity (Wildman–Crippen MR) is 96.7 cm³/mol. The zero-order valence-electron chi connectivity index (χ0n) is 14.0. The van der Waals surface area contributed by atoms with Crippen LogP contribution in [-0.2, 0) is 9.22 Å². The lowest BCUT2D eigenvalue weighted by Gasteiger charge is -2.20. The summed E-state index contributed by atoms with van der Waals surface area (Å²) in [6.45, 7) is 5.98. The van der Waals surface area contributed by atoms with Gasteiger partial charge >= 0.3 is 5.97 Å². The molecule has 0 unspecified atom stereocenters. The van der Waals surface area contributed by atoms with Crippen molar-refractivity contribution < 1.29 is 14.0 Å². The normalized spacial score (nSPS) is 11.9. The van der Waals surface area contributed by atoms with Crippen molar-refractivity contribution >= 4 is 25.9 Å². The molecule has 0 aromatic heterocycles. The summed E-state index contributed by atoms with van der Waals surface area (Å²) in [6.07, 6.45) is 1.85. The number of ether oxygens (including phenoxy) is 1. The Bertz CT molecular complexity index is 700. The molecule has 0 aliphatic heterocycles. The molecular weight excluding hydrogens is 304 g/mol. The third kappa shape index (κ3) is 4.83. The van der Waals surface area contributed by atoms with Crippen molar-refractivity contribution in [3.8, 4) is 5.75 Å². The van der Waals surface area contributed by atoms with E-state index in [1.165, 1.54) is 0 Å². The molecule has 2 aromatic rings. The molecule has 0 saturated carbocycles. The lowest BCUT2D eigenvalue weighted by Crippen LogP contribution is -2.29. The van der Waals surface area contributed by atoms with Crippen LogP contribution >= 0.6 is 0 Å². The van der Waals surface area contributed by atoms with Gasteiger partial charge in [-0.1, -0.05) is 48.5 Å². The van der Waals surface area contributed by atoms with Crippen LogP contribution in [0.2, 0.25) is 19.6 Å². The van der Waals surface area contributed by atoms with Crippen molar-refractivity contribution in [2.75, 3.05) is 7.11 Å². The number of methoxy groups -OCH3 is 1. The van der Waals surface area contributed by atoms with Gasteiger partial charge in [0.05, 0.1) is 12.7 Å². The molecule has 0 atom stereocenters. The van der Waals surface area contributed by atoms with Crippen molar-refractivity contribution in [2.24, 2.45) is 0 Å². The van der Waals surface area contributed by atoms with Crippen LogP contribution < -0.4 is 4.74 Å². The van der Waals surface area contributed by atoms with Crippen LogP contribution in [-0.4, -0.2) is 21.4 Å². The highest BCUT2D eigenvalue weighted by Gasteiger charge is 2.24. The molecule has 3 nitrogen and oxygen atoms in total. The van der Waals surface area contributed by atoms with Crippen molar-refractivity contribution in [3.05, 3.63) is 65.7 Å². The fraction of sp³-hybridized carbons (Fsp3) is 0.211. The van der Waals surface area contributed by atoms with Crippen LogP contribution in [0.4, 0.5) is 0 Å². The smallest absolute Gasteiger partial charge is 0.325 e. The summed E-state index contributed by atoms with van der Waals surface area (Å²) in [5, 5.41) is 0. The Hall–Kier alpha value is -2.33. The molecule has 0 aliphatic carbocycles. The Balaban J connectivity index is 2.52. The molecule has 0 aliphatic rings. The maximum Gasteiger partial charge on any atom is 0.325 e. The van der Waals surface area contributed by atoms with E-state index in [1.54, 1.807) is 7.11 Å². The molecule has 0 fully saturated rings. The van der Waals surface area contributed by atoms with Gasteiger partial charge in [0, 0.05) is 5.56 Å². The van der Waals surface area contributed by atoms with Crippen LogP contribution in [0.5, 0.6) is 5.75 Å². The molecule has 4 heteroatoms. The van der Waals surface area contributed by atoms with Gasteiger partial charge in [0.1, 0.15) is 5.75 Å². The second-order valence-electron chi connectivity index (χ2n) is 6.17. The summed E-state index contributed by atoms with van der Waals surface area (Å²) < 4.78 is 11.1. The average Bonchev–Trinajstić information content (AvgIpc) is 2.52. The zero-order valence-corrected chi connectivity index (χ0v) is 15.0. The second-order valence-corrected chi connectivity index (χ2v) is 10.6. The first-order valence-electron chi connectivity index (χ1n) is 7.54. The van der Waals surface area contributed by atoms with E-state index in [2.05, 4.69) is 0 Å². The summed E-state index contributed by atoms with van der Waals surface area (Å²) >= 11 is 0. The quantitative estimate of drug-likeness (QED) is 0.457. The molecule has 120 valence electrons. The van der Waals surface area contributed by atoms with Crippen LogP contribution in [0.25, 0.3) is 11.6 Å². The van der Waals surface area contributed by atoms with E-state index in [-0.39, 0.29) is 5.97 Å². The Morgan fingerprint density at radius 3 is 2.17 bits per heavy atom. The topological polar surface area (TPSA) is 35.5 Å². The third-order valence-electron chi connectivity index (χ3n) is 3.13. The largest absolute Gasteiger partial charge is 0.516 e. The molecule has 2 rings (SSSR count). The number of rotatable bonds is 5. The maximum atomic E-state index is 12.7. The Morgan fingerprint density at radius 1 is 0.957 bits per heavy atom. The number of carbonyl (C=O) groups is 1. The predicted octanol–water partition coefficient (Wildman–Crippen LogP) is 4.61. The fourth-order valence-electron chi connectivity index (χ4n) is 2.16. The number of carbonyl (C=O) groups excluding carboxylic acids is 1. The van der Waals surface area contributed by atoms with Crippen molar-refractivity contribution in [1.29, 1.82) is 0 Å². The molecule has 0 bridgehead atoms. The molecule has 2 aromatic carbocycles. The Morgan fingerprint density at radius 2 is 1.57 bits per heavy atom. The minimum Gasteiger partial charge on any atom is -0.516 e. The van der Waals surface area contributed by atoms with E-state index in [9.17, 15) is 4.79 Å². The minimum absolute atomic E-state index is 0.308.